The van der Waals surface area contributed by atoms with Gasteiger partial charge in [-0.05, 0) is 57.2 Å². The summed E-state index contributed by atoms with van der Waals surface area (Å²) in [6.07, 6.45) is 4.73. The number of benzene rings is 2. The van der Waals surface area contributed by atoms with Crippen LogP contribution in [0.3, 0.4) is 0 Å². The number of rotatable bonds is 8. The summed E-state index contributed by atoms with van der Waals surface area (Å²) in [5.41, 5.74) is 3.38. The van der Waals surface area contributed by atoms with E-state index in [0.29, 0.717) is 5.01 Å². The van der Waals surface area contributed by atoms with Crippen LogP contribution in [0.15, 0.2) is 60.7 Å². The molecule has 31 heavy (non-hydrogen) atoms. The molecule has 0 bridgehead atoms. The number of hydrogen-bond acceptors (Lipinski definition) is 4. The average molecular weight is 434 g/mol. The number of carbonyl (C=O) groups excluding carboxylic acids is 1. The Balaban J connectivity index is 1.17. The Hall–Kier alpha value is -2.50. The fraction of sp³-hybridized carbons (Fsp3) is 0.385. The van der Waals surface area contributed by atoms with Crippen molar-refractivity contribution >= 4 is 17.2 Å². The Morgan fingerprint density at radius 1 is 1.06 bits per heavy atom. The first kappa shape index (κ1) is 21.7. The quantitative estimate of drug-likeness (QED) is 0.474. The van der Waals surface area contributed by atoms with E-state index in [1.165, 1.54) is 49.3 Å². The molecule has 4 nitrogen and oxygen atoms in total. The van der Waals surface area contributed by atoms with Crippen LogP contribution >= 0.6 is 11.3 Å². The van der Waals surface area contributed by atoms with Crippen LogP contribution in [0.1, 0.15) is 45.9 Å². The van der Waals surface area contributed by atoms with Gasteiger partial charge in [-0.3, -0.25) is 9.69 Å². The Labute approximate surface area is 189 Å². The van der Waals surface area contributed by atoms with Crippen molar-refractivity contribution in [3.05, 3.63) is 76.1 Å². The predicted octanol–water partition coefficient (Wildman–Crippen LogP) is 5.54. The van der Waals surface area contributed by atoms with Crippen molar-refractivity contribution < 1.29 is 4.79 Å². The van der Waals surface area contributed by atoms with E-state index in [4.69, 9.17) is 0 Å². The zero-order chi connectivity index (χ0) is 21.5. The first-order valence-corrected chi connectivity index (χ1v) is 12.1. The highest BCUT2D eigenvalue weighted by Gasteiger charge is 2.19. The SMILES string of the molecule is Cc1sc(C(=O)NCCCC2CCN(Cc3ccccc3)CC2)nc1-c1ccccc1. The highest BCUT2D eigenvalue weighted by molar-refractivity contribution is 7.14. The number of likely N-dealkylation sites (tertiary alicyclic amines) is 1. The summed E-state index contributed by atoms with van der Waals surface area (Å²) in [5.74, 6) is 0.726. The Morgan fingerprint density at radius 3 is 2.45 bits per heavy atom. The minimum atomic E-state index is -0.0482. The van der Waals surface area contributed by atoms with Crippen LogP contribution < -0.4 is 5.32 Å². The van der Waals surface area contributed by atoms with E-state index < -0.39 is 0 Å². The molecule has 1 amide bonds. The number of nitrogens with zero attached hydrogens (tertiary/aromatic N) is 2. The summed E-state index contributed by atoms with van der Waals surface area (Å²) in [7, 11) is 0. The fourth-order valence-electron chi connectivity index (χ4n) is 4.30. The molecule has 0 saturated carbocycles. The predicted molar refractivity (Wildman–Crippen MR) is 128 cm³/mol. The van der Waals surface area contributed by atoms with Crippen LogP contribution in [0.5, 0.6) is 0 Å². The van der Waals surface area contributed by atoms with Crippen molar-refractivity contribution in [3.8, 4) is 11.3 Å². The standard InChI is InChI=1S/C26H31N3OS/c1-20-24(23-12-6-3-7-13-23)28-26(31-20)25(30)27-16-8-11-21-14-17-29(18-15-21)19-22-9-4-2-5-10-22/h2-7,9-10,12-13,21H,8,11,14-19H2,1H3,(H,27,30). The van der Waals surface area contributed by atoms with Crippen molar-refractivity contribution in [2.45, 2.75) is 39.2 Å². The van der Waals surface area contributed by atoms with Gasteiger partial charge in [-0.2, -0.15) is 0 Å². The van der Waals surface area contributed by atoms with Crippen LogP contribution in [-0.4, -0.2) is 35.4 Å². The van der Waals surface area contributed by atoms with Gasteiger partial charge in [0.15, 0.2) is 5.01 Å². The Kier molecular flexibility index (Phi) is 7.49. The van der Waals surface area contributed by atoms with E-state index in [1.54, 1.807) is 0 Å². The number of carbonyl (C=O) groups is 1. The molecule has 1 aliphatic rings. The molecule has 1 aliphatic heterocycles. The monoisotopic (exact) mass is 433 g/mol. The summed E-state index contributed by atoms with van der Waals surface area (Å²) < 4.78 is 0. The molecule has 1 fully saturated rings. The molecule has 1 N–H and O–H groups in total. The normalized spacial score (nSPS) is 15.1. The molecule has 0 aliphatic carbocycles. The highest BCUT2D eigenvalue weighted by atomic mass is 32.1. The minimum Gasteiger partial charge on any atom is -0.350 e. The van der Waals surface area contributed by atoms with E-state index >= 15 is 0 Å². The van der Waals surface area contributed by atoms with Gasteiger partial charge in [-0.25, -0.2) is 4.98 Å². The number of hydrogen-bond donors (Lipinski definition) is 1. The van der Waals surface area contributed by atoms with Gasteiger partial charge < -0.3 is 5.32 Å². The molecule has 4 rings (SSSR count). The van der Waals surface area contributed by atoms with Gasteiger partial charge in [0.2, 0.25) is 0 Å². The van der Waals surface area contributed by atoms with Gasteiger partial charge >= 0.3 is 0 Å². The summed E-state index contributed by atoms with van der Waals surface area (Å²) in [6, 6.07) is 20.8. The maximum atomic E-state index is 12.5. The van der Waals surface area contributed by atoms with Crippen molar-refractivity contribution in [2.75, 3.05) is 19.6 Å². The topological polar surface area (TPSA) is 45.2 Å². The number of piperidine rings is 1. The fourth-order valence-corrected chi connectivity index (χ4v) is 5.15. The second-order valence-corrected chi connectivity index (χ2v) is 9.60. The van der Waals surface area contributed by atoms with E-state index in [1.807, 2.05) is 37.3 Å². The third-order valence-corrected chi connectivity index (χ3v) is 7.04. The van der Waals surface area contributed by atoms with Gasteiger partial charge in [0.1, 0.15) is 0 Å². The van der Waals surface area contributed by atoms with Gasteiger partial charge in [0, 0.05) is 23.5 Å². The van der Waals surface area contributed by atoms with Crippen LogP contribution in [0.4, 0.5) is 0 Å². The molecule has 2 aromatic carbocycles. The van der Waals surface area contributed by atoms with Crippen LogP contribution in [0.25, 0.3) is 11.3 Å². The molecular formula is C26H31N3OS. The zero-order valence-corrected chi connectivity index (χ0v) is 19.0. The lowest BCUT2D eigenvalue weighted by Gasteiger charge is -2.32. The summed E-state index contributed by atoms with van der Waals surface area (Å²) in [5, 5.41) is 3.63. The number of nitrogens with one attached hydrogen (secondary N) is 1. The third kappa shape index (κ3) is 6.02. The molecule has 162 valence electrons. The maximum Gasteiger partial charge on any atom is 0.280 e. The second-order valence-electron chi connectivity index (χ2n) is 8.39. The second kappa shape index (κ2) is 10.7. The van der Waals surface area contributed by atoms with Crippen LogP contribution in [-0.2, 0) is 6.54 Å². The number of aryl methyl sites for hydroxylation is 1. The number of amides is 1. The Morgan fingerprint density at radius 2 is 1.74 bits per heavy atom. The van der Waals surface area contributed by atoms with Gasteiger partial charge in [0.25, 0.3) is 5.91 Å². The molecule has 0 unspecified atom stereocenters. The van der Waals surface area contributed by atoms with Crippen LogP contribution in [0, 0.1) is 12.8 Å². The minimum absolute atomic E-state index is 0.0482. The molecule has 0 spiro atoms. The molecule has 0 radical (unpaired) electrons. The molecule has 2 heterocycles. The summed E-state index contributed by atoms with van der Waals surface area (Å²) in [4.78, 5) is 20.8. The molecule has 3 aromatic rings. The lowest BCUT2D eigenvalue weighted by molar-refractivity contribution is 0.0951. The smallest absolute Gasteiger partial charge is 0.280 e. The summed E-state index contributed by atoms with van der Waals surface area (Å²) >= 11 is 1.48. The van der Waals surface area contributed by atoms with Gasteiger partial charge in [0.05, 0.1) is 5.69 Å². The number of aromatic nitrogens is 1. The van der Waals surface area contributed by atoms with Crippen molar-refractivity contribution in [3.63, 3.8) is 0 Å². The van der Waals surface area contributed by atoms with Gasteiger partial charge in [-0.15, -0.1) is 11.3 Å². The van der Waals surface area contributed by atoms with Gasteiger partial charge in [-0.1, -0.05) is 60.7 Å². The Bertz CT molecular complexity index is 963. The van der Waals surface area contributed by atoms with E-state index in [0.717, 1.165) is 41.6 Å². The number of thiazole rings is 1. The lowest BCUT2D eigenvalue weighted by Crippen LogP contribution is -2.33. The molecule has 5 heteroatoms. The largest absolute Gasteiger partial charge is 0.350 e. The third-order valence-electron chi connectivity index (χ3n) is 6.07. The maximum absolute atomic E-state index is 12.5. The highest BCUT2D eigenvalue weighted by Crippen LogP contribution is 2.27. The van der Waals surface area contributed by atoms with E-state index in [-0.39, 0.29) is 5.91 Å². The van der Waals surface area contributed by atoms with Crippen molar-refractivity contribution in [2.24, 2.45) is 5.92 Å². The van der Waals surface area contributed by atoms with Crippen molar-refractivity contribution in [1.29, 1.82) is 0 Å². The van der Waals surface area contributed by atoms with E-state index in [2.05, 4.69) is 45.5 Å². The summed E-state index contributed by atoms with van der Waals surface area (Å²) in [6.45, 7) is 6.16. The molecular weight excluding hydrogens is 402 g/mol. The average Bonchev–Trinajstić information content (AvgIpc) is 3.21. The van der Waals surface area contributed by atoms with E-state index in [9.17, 15) is 4.79 Å². The molecule has 1 aromatic heterocycles. The first-order chi connectivity index (χ1) is 15.2. The molecule has 0 atom stereocenters. The lowest BCUT2D eigenvalue weighted by atomic mass is 9.92. The van der Waals surface area contributed by atoms with Crippen molar-refractivity contribution in [1.82, 2.24) is 15.2 Å². The molecule has 1 saturated heterocycles. The van der Waals surface area contributed by atoms with Crippen LogP contribution in [0.2, 0.25) is 0 Å². The first-order valence-electron chi connectivity index (χ1n) is 11.3. The zero-order valence-electron chi connectivity index (χ0n) is 18.2.